The fraction of sp³-hybridized carbons (Fsp3) is 0.333. The second kappa shape index (κ2) is 6.62. The van der Waals surface area contributed by atoms with Gasteiger partial charge in [-0.15, -0.1) is 0 Å². The Balaban J connectivity index is 1.67. The van der Waals surface area contributed by atoms with E-state index in [0.717, 1.165) is 48.0 Å². The first-order valence-electron chi connectivity index (χ1n) is 6.89. The van der Waals surface area contributed by atoms with E-state index < -0.39 is 0 Å². The number of hydrogen-bond acceptors (Lipinski definition) is 4. The minimum Gasteiger partial charge on any atom is -0.368 e. The van der Waals surface area contributed by atoms with Crippen LogP contribution in [-0.4, -0.2) is 36.1 Å². The van der Waals surface area contributed by atoms with Crippen LogP contribution in [0.3, 0.4) is 0 Å². The Kier molecular flexibility index (Phi) is 4.60. The molecular formula is C15H16BrClN4. The molecular weight excluding hydrogens is 352 g/mol. The molecule has 0 saturated carbocycles. The van der Waals surface area contributed by atoms with Crippen LogP contribution in [0, 0.1) is 0 Å². The molecule has 3 rings (SSSR count). The van der Waals surface area contributed by atoms with Gasteiger partial charge in [0.2, 0.25) is 5.95 Å². The minimum absolute atomic E-state index is 0.783. The molecule has 1 aliphatic heterocycles. The summed E-state index contributed by atoms with van der Waals surface area (Å²) in [6, 6.07) is 8.11. The maximum Gasteiger partial charge on any atom is 0.225 e. The molecule has 0 radical (unpaired) electrons. The summed E-state index contributed by atoms with van der Waals surface area (Å²) in [5.41, 5.74) is 2.30. The van der Waals surface area contributed by atoms with Crippen molar-refractivity contribution in [1.82, 2.24) is 9.97 Å². The normalized spacial score (nSPS) is 15.3. The SMILES string of the molecule is Clc1cc(N2CCN(c3ncccn3)CC2)ccc1CBr. The molecule has 0 spiro atoms. The zero-order valence-corrected chi connectivity index (χ0v) is 13.9. The molecule has 21 heavy (non-hydrogen) atoms. The summed E-state index contributed by atoms with van der Waals surface area (Å²) in [5, 5.41) is 1.60. The fourth-order valence-corrected chi connectivity index (χ4v) is 3.35. The van der Waals surface area contributed by atoms with Crippen molar-refractivity contribution < 1.29 is 0 Å². The third-order valence-electron chi connectivity index (χ3n) is 3.66. The van der Waals surface area contributed by atoms with Crippen molar-refractivity contribution in [2.75, 3.05) is 36.0 Å². The number of halogens is 2. The van der Waals surface area contributed by atoms with Gasteiger partial charge in [-0.3, -0.25) is 0 Å². The van der Waals surface area contributed by atoms with E-state index in [0.29, 0.717) is 0 Å². The van der Waals surface area contributed by atoms with E-state index in [1.807, 2.05) is 12.1 Å². The first-order chi connectivity index (χ1) is 10.3. The Morgan fingerprint density at radius 1 is 1.05 bits per heavy atom. The van der Waals surface area contributed by atoms with Crippen LogP contribution in [0.25, 0.3) is 0 Å². The zero-order valence-electron chi connectivity index (χ0n) is 11.5. The second-order valence-electron chi connectivity index (χ2n) is 4.93. The quantitative estimate of drug-likeness (QED) is 0.779. The lowest BCUT2D eigenvalue weighted by Gasteiger charge is -2.36. The summed E-state index contributed by atoms with van der Waals surface area (Å²) in [7, 11) is 0. The highest BCUT2D eigenvalue weighted by molar-refractivity contribution is 9.08. The zero-order chi connectivity index (χ0) is 14.7. The van der Waals surface area contributed by atoms with Crippen molar-refractivity contribution in [2.45, 2.75) is 5.33 Å². The number of benzene rings is 1. The molecule has 0 N–H and O–H groups in total. The van der Waals surface area contributed by atoms with Crippen LogP contribution in [0.5, 0.6) is 0 Å². The van der Waals surface area contributed by atoms with Crippen LogP contribution in [0.15, 0.2) is 36.7 Å². The van der Waals surface area contributed by atoms with Gasteiger partial charge in [-0.05, 0) is 23.8 Å². The van der Waals surface area contributed by atoms with Crippen molar-refractivity contribution in [1.29, 1.82) is 0 Å². The predicted octanol–water partition coefficient (Wildman–Crippen LogP) is 3.35. The summed E-state index contributed by atoms with van der Waals surface area (Å²) in [6.45, 7) is 3.73. The molecule has 0 amide bonds. The highest BCUT2D eigenvalue weighted by Crippen LogP contribution is 2.26. The molecule has 0 unspecified atom stereocenters. The van der Waals surface area contributed by atoms with Crippen LogP contribution >= 0.6 is 27.5 Å². The Morgan fingerprint density at radius 2 is 1.71 bits per heavy atom. The third-order valence-corrected chi connectivity index (χ3v) is 4.62. The molecule has 110 valence electrons. The molecule has 1 saturated heterocycles. The Labute approximate surface area is 137 Å². The Hall–Kier alpha value is -1.33. The molecule has 0 bridgehead atoms. The molecule has 1 aromatic carbocycles. The van der Waals surface area contributed by atoms with Gasteiger partial charge in [-0.1, -0.05) is 33.6 Å². The molecule has 1 aliphatic rings. The number of aromatic nitrogens is 2. The number of nitrogens with zero attached hydrogens (tertiary/aromatic N) is 4. The molecule has 6 heteroatoms. The van der Waals surface area contributed by atoms with Gasteiger partial charge in [0.1, 0.15) is 0 Å². The van der Waals surface area contributed by atoms with E-state index in [4.69, 9.17) is 11.6 Å². The van der Waals surface area contributed by atoms with Gasteiger partial charge in [-0.25, -0.2) is 9.97 Å². The van der Waals surface area contributed by atoms with E-state index in [1.165, 1.54) is 5.69 Å². The van der Waals surface area contributed by atoms with E-state index in [1.54, 1.807) is 12.4 Å². The van der Waals surface area contributed by atoms with Crippen molar-refractivity contribution in [2.24, 2.45) is 0 Å². The maximum absolute atomic E-state index is 6.29. The standard InChI is InChI=1S/C15H16BrClN4/c16-11-12-2-3-13(10-14(12)17)20-6-8-21(9-7-20)15-18-4-1-5-19-15/h1-5,10H,6-9,11H2. The highest BCUT2D eigenvalue weighted by Gasteiger charge is 2.19. The minimum atomic E-state index is 0.783. The third kappa shape index (κ3) is 3.30. The Bertz CT molecular complexity index is 600. The average Bonchev–Trinajstić information content (AvgIpc) is 2.56. The first kappa shape index (κ1) is 14.6. The maximum atomic E-state index is 6.29. The highest BCUT2D eigenvalue weighted by atomic mass is 79.9. The molecule has 0 aliphatic carbocycles. The molecule has 4 nitrogen and oxygen atoms in total. The number of alkyl halides is 1. The van der Waals surface area contributed by atoms with Gasteiger partial charge < -0.3 is 9.80 Å². The summed E-state index contributed by atoms with van der Waals surface area (Å²) in [4.78, 5) is 13.2. The average molecular weight is 368 g/mol. The number of piperazine rings is 1. The van der Waals surface area contributed by atoms with Crippen LogP contribution in [0.4, 0.5) is 11.6 Å². The van der Waals surface area contributed by atoms with Gasteiger partial charge in [0.15, 0.2) is 0 Å². The van der Waals surface area contributed by atoms with Crippen molar-refractivity contribution >= 4 is 39.2 Å². The van der Waals surface area contributed by atoms with Crippen LogP contribution in [-0.2, 0) is 5.33 Å². The van der Waals surface area contributed by atoms with Gasteiger partial charge >= 0.3 is 0 Å². The van der Waals surface area contributed by atoms with Crippen LogP contribution < -0.4 is 9.80 Å². The number of anilines is 2. The monoisotopic (exact) mass is 366 g/mol. The molecule has 2 aromatic rings. The molecule has 1 fully saturated rings. The lowest BCUT2D eigenvalue weighted by Crippen LogP contribution is -2.47. The smallest absolute Gasteiger partial charge is 0.225 e. The van der Waals surface area contributed by atoms with Crippen molar-refractivity contribution in [3.05, 3.63) is 47.2 Å². The molecule has 0 atom stereocenters. The fourth-order valence-electron chi connectivity index (χ4n) is 2.46. The lowest BCUT2D eigenvalue weighted by molar-refractivity contribution is 0.640. The molecule has 1 aromatic heterocycles. The van der Waals surface area contributed by atoms with E-state index in [9.17, 15) is 0 Å². The van der Waals surface area contributed by atoms with Gasteiger partial charge in [0.05, 0.1) is 0 Å². The number of rotatable bonds is 3. The lowest BCUT2D eigenvalue weighted by atomic mass is 10.2. The van der Waals surface area contributed by atoms with Crippen LogP contribution in [0.2, 0.25) is 5.02 Å². The second-order valence-corrected chi connectivity index (χ2v) is 5.90. The largest absolute Gasteiger partial charge is 0.368 e. The summed E-state index contributed by atoms with van der Waals surface area (Å²) in [6.07, 6.45) is 3.57. The van der Waals surface area contributed by atoms with Crippen molar-refractivity contribution in [3.8, 4) is 0 Å². The Morgan fingerprint density at radius 3 is 2.33 bits per heavy atom. The molecule has 2 heterocycles. The summed E-state index contributed by atoms with van der Waals surface area (Å²) in [5.74, 6) is 0.810. The van der Waals surface area contributed by atoms with E-state index >= 15 is 0 Å². The van der Waals surface area contributed by atoms with Crippen LogP contribution in [0.1, 0.15) is 5.56 Å². The van der Waals surface area contributed by atoms with Gasteiger partial charge in [0.25, 0.3) is 0 Å². The predicted molar refractivity (Wildman–Crippen MR) is 90.5 cm³/mol. The topological polar surface area (TPSA) is 32.3 Å². The summed E-state index contributed by atoms with van der Waals surface area (Å²) < 4.78 is 0. The number of hydrogen-bond donors (Lipinski definition) is 0. The van der Waals surface area contributed by atoms with Gasteiger partial charge in [0, 0.05) is 54.6 Å². The summed E-state index contributed by atoms with van der Waals surface area (Å²) >= 11 is 9.73. The van der Waals surface area contributed by atoms with E-state index in [-0.39, 0.29) is 0 Å². The van der Waals surface area contributed by atoms with Crippen molar-refractivity contribution in [3.63, 3.8) is 0 Å². The first-order valence-corrected chi connectivity index (χ1v) is 8.39. The van der Waals surface area contributed by atoms with E-state index in [2.05, 4.69) is 47.8 Å². The van der Waals surface area contributed by atoms with Gasteiger partial charge in [-0.2, -0.15) is 0 Å².